The van der Waals surface area contributed by atoms with Crippen molar-refractivity contribution in [3.63, 3.8) is 0 Å². The Morgan fingerprint density at radius 3 is 2.70 bits per heavy atom. The number of aryl methyl sites for hydroxylation is 1. The van der Waals surface area contributed by atoms with Crippen LogP contribution in [0.25, 0.3) is 0 Å². The highest BCUT2D eigenvalue weighted by atomic mass is 35.5. The number of fused-ring (bicyclic) bond motifs is 3. The third-order valence-corrected chi connectivity index (χ3v) is 13.5. The van der Waals surface area contributed by atoms with Gasteiger partial charge in [-0.3, -0.25) is 0 Å². The van der Waals surface area contributed by atoms with Gasteiger partial charge in [0.15, 0.2) is 0 Å². The first-order chi connectivity index (χ1) is 22.7. The van der Waals surface area contributed by atoms with Crippen LogP contribution in [0.15, 0.2) is 60.0 Å². The minimum Gasteiger partial charge on any atom is -0.490 e. The van der Waals surface area contributed by atoms with Gasteiger partial charge in [0, 0.05) is 43.0 Å². The van der Waals surface area contributed by atoms with Gasteiger partial charge < -0.3 is 19.5 Å². The number of methoxy groups -OCH3 is 1. The van der Waals surface area contributed by atoms with Gasteiger partial charge in [0.1, 0.15) is 5.75 Å². The number of carbonyl (C=O) groups is 1. The summed E-state index contributed by atoms with van der Waals surface area (Å²) in [5, 5.41) is 10.0. The topological polar surface area (TPSA) is 119 Å². The lowest BCUT2D eigenvalue weighted by Gasteiger charge is -2.48. The fourth-order valence-corrected chi connectivity index (χ4v) is 10.7. The third kappa shape index (κ3) is 6.13. The highest BCUT2D eigenvalue weighted by molar-refractivity contribution is 7.91. The summed E-state index contributed by atoms with van der Waals surface area (Å²) in [4.78, 5) is 22.6. The summed E-state index contributed by atoms with van der Waals surface area (Å²) in [5.74, 6) is 0.426. The normalized spacial score (nSPS) is 27.9. The number of rotatable bonds is 8. The van der Waals surface area contributed by atoms with Crippen molar-refractivity contribution in [1.29, 1.82) is 0 Å². The van der Waals surface area contributed by atoms with E-state index in [0.717, 1.165) is 62.2 Å². The lowest BCUT2D eigenvalue weighted by atomic mass is 9.65. The van der Waals surface area contributed by atoms with Crippen molar-refractivity contribution in [2.24, 2.45) is 17.8 Å². The number of hydrogen-bond acceptors (Lipinski definition) is 8. The van der Waals surface area contributed by atoms with Crippen molar-refractivity contribution in [2.75, 3.05) is 31.7 Å². The second kappa shape index (κ2) is 13.0. The van der Waals surface area contributed by atoms with Crippen LogP contribution in [-0.4, -0.2) is 67.6 Å². The quantitative estimate of drug-likeness (QED) is 0.271. The lowest BCUT2D eigenvalue weighted by Crippen LogP contribution is -2.51. The molecule has 0 bridgehead atoms. The van der Waals surface area contributed by atoms with Gasteiger partial charge in [0.2, 0.25) is 15.0 Å². The fraction of sp³-hybridized carbons (Fsp3) is 0.528. The van der Waals surface area contributed by atoms with Crippen molar-refractivity contribution in [3.8, 4) is 5.75 Å². The average Bonchev–Trinajstić information content (AvgIpc) is 3.22. The first-order valence-electron chi connectivity index (χ1n) is 16.8. The maximum Gasteiger partial charge on any atom is 0.335 e. The first-order valence-corrected chi connectivity index (χ1v) is 18.7. The van der Waals surface area contributed by atoms with Crippen LogP contribution in [-0.2, 0) is 26.4 Å². The van der Waals surface area contributed by atoms with Crippen LogP contribution in [0, 0.1) is 17.8 Å². The van der Waals surface area contributed by atoms with E-state index >= 15 is 0 Å². The molecule has 4 aliphatic rings. The van der Waals surface area contributed by atoms with Gasteiger partial charge in [-0.15, -0.1) is 0 Å². The molecule has 1 unspecified atom stereocenters. The van der Waals surface area contributed by atoms with Crippen molar-refractivity contribution in [2.45, 2.75) is 79.7 Å². The molecule has 6 atom stereocenters. The summed E-state index contributed by atoms with van der Waals surface area (Å²) in [6.45, 7) is 1.95. The number of anilines is 1. The molecule has 0 radical (unpaired) electrons. The van der Waals surface area contributed by atoms with E-state index in [9.17, 15) is 18.3 Å². The van der Waals surface area contributed by atoms with Crippen LogP contribution < -0.4 is 9.64 Å². The summed E-state index contributed by atoms with van der Waals surface area (Å²) in [6.07, 6.45) is 10.8. The van der Waals surface area contributed by atoms with Crippen molar-refractivity contribution < 1.29 is 27.8 Å². The Morgan fingerprint density at radius 2 is 1.96 bits per heavy atom. The molecule has 1 aromatic heterocycles. The van der Waals surface area contributed by atoms with E-state index in [0.29, 0.717) is 37.7 Å². The standard InChI is InChI=1S/C36H42ClN3O6S/c1-45-33(24-5-2-7-28(18-24)47(43,44)35-38-15-4-16-39-35)29-11-8-26(29)20-40-21-36(14-3-6-23-17-27(37)10-12-30(23)36)22-46-32-13-9-25(34(41)42)19-31(32)40/h4,9-10,12-13,15-17,19,24,26,28-29,33H,2-3,5-8,11,14,18,20-22H2,1H3,(H,41,42)/t24-,26-,28+,29+,33-,36?/m0/s1. The number of carboxylic acids is 1. The Hall–Kier alpha value is -3.21. The van der Waals surface area contributed by atoms with E-state index in [1.165, 1.54) is 23.5 Å². The van der Waals surface area contributed by atoms with Crippen molar-refractivity contribution in [3.05, 3.63) is 76.6 Å². The largest absolute Gasteiger partial charge is 0.490 e. The smallest absolute Gasteiger partial charge is 0.335 e. The molecule has 2 aromatic carbocycles. The van der Waals surface area contributed by atoms with Gasteiger partial charge in [0.05, 0.1) is 29.2 Å². The van der Waals surface area contributed by atoms with Crippen LogP contribution in [0.2, 0.25) is 5.02 Å². The number of sulfone groups is 1. The second-order valence-electron chi connectivity index (χ2n) is 13.9. The molecule has 7 rings (SSSR count). The van der Waals surface area contributed by atoms with E-state index in [1.807, 2.05) is 6.07 Å². The molecule has 1 N–H and O–H groups in total. The summed E-state index contributed by atoms with van der Waals surface area (Å²) < 4.78 is 39.7. The molecule has 2 heterocycles. The summed E-state index contributed by atoms with van der Waals surface area (Å²) in [5.41, 5.74) is 3.31. The highest BCUT2D eigenvalue weighted by Gasteiger charge is 2.47. The predicted octanol–water partition coefficient (Wildman–Crippen LogP) is 6.38. The van der Waals surface area contributed by atoms with E-state index in [1.54, 1.807) is 31.4 Å². The maximum absolute atomic E-state index is 13.5. The Bertz CT molecular complexity index is 1740. The molecular formula is C36H42ClN3O6S. The molecule has 2 fully saturated rings. The van der Waals surface area contributed by atoms with Gasteiger partial charge in [-0.2, -0.15) is 0 Å². The number of hydrogen-bond donors (Lipinski definition) is 1. The van der Waals surface area contributed by atoms with Gasteiger partial charge in [-0.25, -0.2) is 23.2 Å². The zero-order valence-corrected chi connectivity index (χ0v) is 28.3. The summed E-state index contributed by atoms with van der Waals surface area (Å²) in [6, 6.07) is 13.0. The SMILES string of the molecule is CO[C@@H]([C@H]1CCC[C@@H](S(=O)(=O)c2ncccn2)C1)[C@@H]1CC[C@H]1CN1CC2(CCCc3cc(Cl)ccc32)COc2ccc(C(=O)O)cc21. The highest BCUT2D eigenvalue weighted by Crippen LogP contribution is 2.48. The van der Waals surface area contributed by atoms with Gasteiger partial charge >= 0.3 is 5.97 Å². The Kier molecular flexibility index (Phi) is 8.95. The summed E-state index contributed by atoms with van der Waals surface area (Å²) in [7, 11) is -1.88. The predicted molar refractivity (Wildman–Crippen MR) is 179 cm³/mol. The molecule has 0 amide bonds. The monoisotopic (exact) mass is 679 g/mol. The minimum atomic E-state index is -3.64. The van der Waals surface area contributed by atoms with Gasteiger partial charge in [-0.05, 0) is 117 Å². The van der Waals surface area contributed by atoms with Crippen LogP contribution in [0.1, 0.15) is 72.9 Å². The molecule has 47 heavy (non-hydrogen) atoms. The number of aromatic carboxylic acids is 1. The third-order valence-electron chi connectivity index (χ3n) is 11.3. The lowest BCUT2D eigenvalue weighted by molar-refractivity contribution is -0.0589. The number of nitrogens with zero attached hydrogens (tertiary/aromatic N) is 3. The number of aromatic nitrogens is 2. The molecule has 250 valence electrons. The molecule has 9 nitrogen and oxygen atoms in total. The minimum absolute atomic E-state index is 0.0667. The molecule has 1 spiro atoms. The number of carboxylic acid groups (broad SMARTS) is 1. The van der Waals surface area contributed by atoms with E-state index in [4.69, 9.17) is 21.1 Å². The molecule has 3 aromatic rings. The second-order valence-corrected chi connectivity index (χ2v) is 16.5. The van der Waals surface area contributed by atoms with E-state index < -0.39 is 21.1 Å². The first kappa shape index (κ1) is 32.3. The van der Waals surface area contributed by atoms with Crippen LogP contribution >= 0.6 is 11.6 Å². The molecule has 0 saturated heterocycles. The van der Waals surface area contributed by atoms with Crippen LogP contribution in [0.5, 0.6) is 5.75 Å². The fourth-order valence-electron chi connectivity index (χ4n) is 8.84. The Labute approximate surface area is 281 Å². The van der Waals surface area contributed by atoms with Crippen LogP contribution in [0.3, 0.4) is 0 Å². The van der Waals surface area contributed by atoms with Crippen molar-refractivity contribution >= 4 is 33.1 Å². The Morgan fingerprint density at radius 1 is 1.13 bits per heavy atom. The molecule has 3 aliphatic carbocycles. The molecular weight excluding hydrogens is 638 g/mol. The van der Waals surface area contributed by atoms with Crippen molar-refractivity contribution in [1.82, 2.24) is 9.97 Å². The average molecular weight is 680 g/mol. The summed E-state index contributed by atoms with van der Waals surface area (Å²) >= 11 is 6.42. The van der Waals surface area contributed by atoms with Crippen LogP contribution in [0.4, 0.5) is 5.69 Å². The number of ether oxygens (including phenoxy) is 2. The zero-order valence-electron chi connectivity index (χ0n) is 26.7. The van der Waals surface area contributed by atoms with E-state index in [-0.39, 0.29) is 34.1 Å². The Balaban J connectivity index is 1.16. The van der Waals surface area contributed by atoms with Gasteiger partial charge in [0.25, 0.3) is 0 Å². The number of benzene rings is 2. The molecule has 11 heteroatoms. The zero-order chi connectivity index (χ0) is 32.8. The maximum atomic E-state index is 13.5. The van der Waals surface area contributed by atoms with Gasteiger partial charge in [-0.1, -0.05) is 24.1 Å². The molecule has 1 aliphatic heterocycles. The van der Waals surface area contributed by atoms with E-state index in [2.05, 4.69) is 27.0 Å². The number of halogens is 1. The molecule has 2 saturated carbocycles.